The van der Waals surface area contributed by atoms with Crippen LogP contribution in [-0.2, 0) is 0 Å². The van der Waals surface area contributed by atoms with Crippen molar-refractivity contribution in [1.82, 2.24) is 24.5 Å². The lowest BCUT2D eigenvalue weighted by molar-refractivity contribution is -0.0641. The largest absolute Gasteiger partial charge is 0.332 e. The molecule has 140 valence electrons. The Kier molecular flexibility index (Phi) is 4.09. The molecule has 3 aromatic rings. The number of hydrogen-bond donors (Lipinski definition) is 0. The van der Waals surface area contributed by atoms with Gasteiger partial charge in [0, 0.05) is 30.1 Å². The number of aryl methyl sites for hydroxylation is 1. The van der Waals surface area contributed by atoms with E-state index < -0.39 is 36.5 Å². The lowest BCUT2D eigenvalue weighted by atomic mass is 9.91. The number of alkyl halides is 2. The zero-order chi connectivity index (χ0) is 19.2. The zero-order valence-corrected chi connectivity index (χ0v) is 14.4. The minimum absolute atomic E-state index is 0.0447. The predicted octanol–water partition coefficient (Wildman–Crippen LogP) is 2.84. The van der Waals surface area contributed by atoms with Gasteiger partial charge in [0.15, 0.2) is 0 Å². The third-order valence-electron chi connectivity index (χ3n) is 4.59. The van der Waals surface area contributed by atoms with Crippen LogP contribution < -0.4 is 0 Å². The molecule has 0 spiro atoms. The molecule has 4 rings (SSSR count). The summed E-state index contributed by atoms with van der Waals surface area (Å²) in [5.41, 5.74) is 1.19. The van der Waals surface area contributed by atoms with Crippen molar-refractivity contribution in [2.24, 2.45) is 0 Å². The number of piperidine rings is 1. The molecule has 1 amide bonds. The van der Waals surface area contributed by atoms with E-state index in [9.17, 15) is 18.0 Å². The van der Waals surface area contributed by atoms with Crippen molar-refractivity contribution < 1.29 is 18.0 Å². The minimum Gasteiger partial charge on any atom is -0.332 e. The lowest BCUT2D eigenvalue weighted by Gasteiger charge is -2.37. The molecule has 27 heavy (non-hydrogen) atoms. The average Bonchev–Trinajstić information content (AvgIpc) is 3.07. The fraction of sp³-hybridized carbons (Fsp3) is 0.333. The maximum Gasteiger partial charge on any atom is 0.266 e. The highest BCUT2D eigenvalue weighted by molar-refractivity contribution is 5.94. The molecular formula is C18H16F3N5O. The first kappa shape index (κ1) is 17.4. The van der Waals surface area contributed by atoms with Gasteiger partial charge in [-0.1, -0.05) is 6.07 Å². The first-order valence-electron chi connectivity index (χ1n) is 8.42. The van der Waals surface area contributed by atoms with Crippen LogP contribution in [0.2, 0.25) is 0 Å². The standard InChI is InChI=1S/C18H16F3N5O/c1-11-5-15(26-17(24-11)22-10-23-26)13-7-18(20,21)9-25(8-13)16(27)12-3-2-4-14(19)6-12/h2-6,10,13H,7-9H2,1H3. The molecule has 3 heterocycles. The highest BCUT2D eigenvalue weighted by Gasteiger charge is 2.43. The molecule has 2 aromatic heterocycles. The van der Waals surface area contributed by atoms with Crippen molar-refractivity contribution in [3.63, 3.8) is 0 Å². The monoisotopic (exact) mass is 375 g/mol. The SMILES string of the molecule is Cc1cc(C2CN(C(=O)c3cccc(F)c3)CC(F)(F)C2)n2ncnc2n1. The summed E-state index contributed by atoms with van der Waals surface area (Å²) in [6.45, 7) is 1.11. The number of hydrogen-bond acceptors (Lipinski definition) is 4. The van der Waals surface area contributed by atoms with Crippen LogP contribution in [0.3, 0.4) is 0 Å². The van der Waals surface area contributed by atoms with Gasteiger partial charge in [-0.25, -0.2) is 22.7 Å². The van der Waals surface area contributed by atoms with Gasteiger partial charge in [-0.3, -0.25) is 4.79 Å². The molecule has 1 fully saturated rings. The van der Waals surface area contributed by atoms with Gasteiger partial charge in [-0.2, -0.15) is 10.1 Å². The quantitative estimate of drug-likeness (QED) is 0.691. The van der Waals surface area contributed by atoms with Gasteiger partial charge in [0.25, 0.3) is 17.6 Å². The third kappa shape index (κ3) is 3.36. The molecule has 0 bridgehead atoms. The van der Waals surface area contributed by atoms with Crippen LogP contribution in [0.25, 0.3) is 5.78 Å². The molecule has 0 aliphatic carbocycles. The van der Waals surface area contributed by atoms with E-state index in [0.717, 1.165) is 11.0 Å². The first-order valence-corrected chi connectivity index (χ1v) is 8.42. The van der Waals surface area contributed by atoms with E-state index in [2.05, 4.69) is 15.1 Å². The summed E-state index contributed by atoms with van der Waals surface area (Å²) in [4.78, 5) is 22.0. The number of carbonyl (C=O) groups is 1. The van der Waals surface area contributed by atoms with Gasteiger partial charge in [-0.05, 0) is 31.2 Å². The number of amides is 1. The number of fused-ring (bicyclic) bond motifs is 1. The summed E-state index contributed by atoms with van der Waals surface area (Å²) in [5, 5.41) is 4.07. The maximum atomic E-state index is 14.4. The van der Waals surface area contributed by atoms with Crippen molar-refractivity contribution in [1.29, 1.82) is 0 Å². The normalized spacial score (nSPS) is 19.4. The number of nitrogens with zero attached hydrogens (tertiary/aromatic N) is 5. The number of benzene rings is 1. The Morgan fingerprint density at radius 3 is 2.89 bits per heavy atom. The van der Waals surface area contributed by atoms with Crippen LogP contribution in [0.15, 0.2) is 36.7 Å². The maximum absolute atomic E-state index is 14.4. The second kappa shape index (κ2) is 6.33. The minimum atomic E-state index is -3.07. The van der Waals surface area contributed by atoms with Gasteiger partial charge in [0.1, 0.15) is 12.1 Å². The van der Waals surface area contributed by atoms with E-state index in [0.29, 0.717) is 17.2 Å². The van der Waals surface area contributed by atoms with Crippen LogP contribution in [0, 0.1) is 12.7 Å². The average molecular weight is 375 g/mol. The van der Waals surface area contributed by atoms with Crippen molar-refractivity contribution in [3.05, 3.63) is 59.4 Å². The highest BCUT2D eigenvalue weighted by atomic mass is 19.3. The molecule has 1 unspecified atom stereocenters. The molecule has 0 N–H and O–H groups in total. The van der Waals surface area contributed by atoms with Crippen molar-refractivity contribution in [3.8, 4) is 0 Å². The summed E-state index contributed by atoms with van der Waals surface area (Å²) < 4.78 is 43.7. The molecule has 1 saturated heterocycles. The van der Waals surface area contributed by atoms with E-state index >= 15 is 0 Å². The van der Waals surface area contributed by atoms with Crippen molar-refractivity contribution >= 4 is 11.7 Å². The van der Waals surface area contributed by atoms with Crippen LogP contribution in [-0.4, -0.2) is 49.4 Å². The van der Waals surface area contributed by atoms with Gasteiger partial charge in [-0.15, -0.1) is 0 Å². The number of aromatic nitrogens is 4. The molecule has 1 aliphatic rings. The van der Waals surface area contributed by atoms with Crippen LogP contribution in [0.5, 0.6) is 0 Å². The van der Waals surface area contributed by atoms with Crippen molar-refractivity contribution in [2.75, 3.05) is 13.1 Å². The van der Waals surface area contributed by atoms with E-state index in [-0.39, 0.29) is 12.1 Å². The predicted molar refractivity (Wildman–Crippen MR) is 90.1 cm³/mol. The molecule has 1 aliphatic heterocycles. The van der Waals surface area contributed by atoms with Gasteiger partial charge in [0.05, 0.1) is 12.2 Å². The van der Waals surface area contributed by atoms with Gasteiger partial charge in [0.2, 0.25) is 0 Å². The number of likely N-dealkylation sites (tertiary alicyclic amines) is 1. The Morgan fingerprint density at radius 1 is 1.30 bits per heavy atom. The second-order valence-electron chi connectivity index (χ2n) is 6.75. The number of rotatable bonds is 2. The molecule has 0 saturated carbocycles. The topological polar surface area (TPSA) is 63.4 Å². The Labute approximate surface area is 152 Å². The number of halogens is 3. The molecule has 6 nitrogen and oxygen atoms in total. The Morgan fingerprint density at radius 2 is 2.11 bits per heavy atom. The number of carbonyl (C=O) groups excluding carboxylic acids is 1. The second-order valence-corrected chi connectivity index (χ2v) is 6.75. The summed E-state index contributed by atoms with van der Waals surface area (Å²) >= 11 is 0. The molecule has 1 atom stereocenters. The van der Waals surface area contributed by atoms with Crippen molar-refractivity contribution in [2.45, 2.75) is 25.2 Å². The van der Waals surface area contributed by atoms with E-state index in [1.165, 1.54) is 29.0 Å². The van der Waals surface area contributed by atoms with Crippen LogP contribution >= 0.6 is 0 Å². The first-order chi connectivity index (χ1) is 12.8. The fourth-order valence-corrected chi connectivity index (χ4v) is 3.51. The van der Waals surface area contributed by atoms with Gasteiger partial charge >= 0.3 is 0 Å². The van der Waals surface area contributed by atoms with E-state index in [1.54, 1.807) is 13.0 Å². The Hall–Kier alpha value is -2.97. The summed E-state index contributed by atoms with van der Waals surface area (Å²) in [6, 6.07) is 6.73. The summed E-state index contributed by atoms with van der Waals surface area (Å²) in [5.74, 6) is -4.62. The van der Waals surface area contributed by atoms with E-state index in [1.807, 2.05) is 0 Å². The summed E-state index contributed by atoms with van der Waals surface area (Å²) in [6.07, 6.45) is 0.889. The molecule has 9 heteroatoms. The third-order valence-corrected chi connectivity index (χ3v) is 4.59. The Bertz CT molecular complexity index is 1020. The molecule has 1 aromatic carbocycles. The zero-order valence-electron chi connectivity index (χ0n) is 14.4. The Balaban J connectivity index is 1.70. The fourth-order valence-electron chi connectivity index (χ4n) is 3.51. The molecular weight excluding hydrogens is 359 g/mol. The lowest BCUT2D eigenvalue weighted by Crippen LogP contribution is -2.49. The van der Waals surface area contributed by atoms with E-state index in [4.69, 9.17) is 0 Å². The smallest absolute Gasteiger partial charge is 0.266 e. The molecule has 0 radical (unpaired) electrons. The van der Waals surface area contributed by atoms with Crippen LogP contribution in [0.1, 0.15) is 34.1 Å². The van der Waals surface area contributed by atoms with Crippen LogP contribution in [0.4, 0.5) is 13.2 Å². The highest BCUT2D eigenvalue weighted by Crippen LogP contribution is 2.36. The summed E-state index contributed by atoms with van der Waals surface area (Å²) in [7, 11) is 0. The van der Waals surface area contributed by atoms with Gasteiger partial charge < -0.3 is 4.90 Å².